The number of ether oxygens (including phenoxy) is 2. The fraction of sp³-hybridized carbons (Fsp3) is 0.946. The Kier molecular flexibility index (Phi) is 40.6. The number of rotatable bonds is 37. The SMILES string of the molecule is CCCCCCCCCCCCCCCC(=O)OC[C@H](COP(=O)(O)OCCS)OC(=O)CCCCCCCCCCCCCCC.[Na+]. The molecule has 0 saturated carbocycles. The molecule has 8 nitrogen and oxygen atoms in total. The summed E-state index contributed by atoms with van der Waals surface area (Å²) in [6, 6.07) is 0. The molecule has 2 atom stereocenters. The molecule has 0 aliphatic heterocycles. The van der Waals surface area contributed by atoms with Crippen LogP contribution in [0.5, 0.6) is 0 Å². The van der Waals surface area contributed by atoms with Crippen molar-refractivity contribution in [3.05, 3.63) is 0 Å². The first-order chi connectivity index (χ1) is 22.8. The Morgan fingerprint density at radius 2 is 0.917 bits per heavy atom. The average molecular weight is 732 g/mol. The van der Waals surface area contributed by atoms with Gasteiger partial charge in [0.05, 0.1) is 13.2 Å². The number of hydrogen-bond acceptors (Lipinski definition) is 8. The topological polar surface area (TPSA) is 108 Å². The maximum Gasteiger partial charge on any atom is 1.00 e. The van der Waals surface area contributed by atoms with E-state index in [4.69, 9.17) is 18.5 Å². The standard InChI is InChI=1S/C37H73O8PS.Na/c1-3-5-7-9-11-13-15-17-19-21-23-25-27-29-36(38)42-33-35(34-44-46(40,41)43-31-32-47)45-37(39)30-28-26-24-22-20-18-16-14-12-10-8-6-4-2;/h35,47H,3-34H2,1-2H3,(H,40,41);/q;+1/t35-;/m1./s1. The van der Waals surface area contributed by atoms with Crippen molar-refractivity contribution in [2.24, 2.45) is 0 Å². The predicted molar refractivity (Wildman–Crippen MR) is 197 cm³/mol. The van der Waals surface area contributed by atoms with E-state index in [0.29, 0.717) is 12.8 Å². The second-order valence-corrected chi connectivity index (χ2v) is 15.0. The van der Waals surface area contributed by atoms with Gasteiger partial charge >= 0.3 is 49.3 Å². The van der Waals surface area contributed by atoms with E-state index in [9.17, 15) is 19.0 Å². The number of phosphoric ester groups is 1. The van der Waals surface area contributed by atoms with Gasteiger partial charge in [0.2, 0.25) is 0 Å². The third kappa shape index (κ3) is 37.7. The fourth-order valence-corrected chi connectivity index (χ4v) is 6.55. The summed E-state index contributed by atoms with van der Waals surface area (Å²) in [7, 11) is -4.33. The summed E-state index contributed by atoms with van der Waals surface area (Å²) in [4.78, 5) is 34.7. The maximum atomic E-state index is 12.5. The smallest absolute Gasteiger partial charge is 0.462 e. The Bertz CT molecular complexity index is 761. The van der Waals surface area contributed by atoms with Crippen LogP contribution in [0.1, 0.15) is 194 Å². The summed E-state index contributed by atoms with van der Waals surface area (Å²) in [5, 5.41) is 0. The first-order valence-corrected chi connectivity index (χ1v) is 21.5. The molecule has 11 heteroatoms. The van der Waals surface area contributed by atoms with E-state index < -0.39 is 26.5 Å². The molecule has 0 aromatic rings. The van der Waals surface area contributed by atoms with E-state index in [-0.39, 0.29) is 60.9 Å². The first kappa shape index (κ1) is 50.5. The van der Waals surface area contributed by atoms with Crippen molar-refractivity contribution in [1.82, 2.24) is 0 Å². The van der Waals surface area contributed by atoms with Crippen LogP contribution >= 0.6 is 20.5 Å². The van der Waals surface area contributed by atoms with Gasteiger partial charge in [0.15, 0.2) is 6.10 Å². The number of esters is 2. The summed E-state index contributed by atoms with van der Waals surface area (Å²) < 4.78 is 32.8. The second-order valence-electron chi connectivity index (χ2n) is 13.1. The summed E-state index contributed by atoms with van der Waals surface area (Å²) in [6.45, 7) is 3.80. The van der Waals surface area contributed by atoms with Crippen LogP contribution in [0, 0.1) is 0 Å². The van der Waals surface area contributed by atoms with Gasteiger partial charge in [-0.15, -0.1) is 0 Å². The van der Waals surface area contributed by atoms with Crippen molar-refractivity contribution in [3.8, 4) is 0 Å². The van der Waals surface area contributed by atoms with Crippen LogP contribution in [0.25, 0.3) is 0 Å². The second kappa shape index (κ2) is 38.6. The molecule has 0 saturated heterocycles. The number of thiol groups is 1. The molecule has 0 radical (unpaired) electrons. The molecule has 1 N–H and O–H groups in total. The van der Waals surface area contributed by atoms with Crippen LogP contribution in [-0.2, 0) is 32.7 Å². The molecule has 0 aromatic heterocycles. The van der Waals surface area contributed by atoms with Crippen LogP contribution in [-0.4, -0.2) is 48.5 Å². The van der Waals surface area contributed by atoms with Crippen molar-refractivity contribution < 1.29 is 67.1 Å². The number of carbonyl (C=O) groups excluding carboxylic acids is 2. The van der Waals surface area contributed by atoms with Crippen LogP contribution in [0.15, 0.2) is 0 Å². The normalized spacial score (nSPS) is 13.1. The summed E-state index contributed by atoms with van der Waals surface area (Å²) in [6.07, 6.45) is 31.3. The molecule has 0 heterocycles. The third-order valence-corrected chi connectivity index (χ3v) is 9.63. The van der Waals surface area contributed by atoms with E-state index in [1.807, 2.05) is 0 Å². The molecule has 0 bridgehead atoms. The molecule has 1 unspecified atom stereocenters. The van der Waals surface area contributed by atoms with E-state index in [1.165, 1.54) is 128 Å². The Morgan fingerprint density at radius 1 is 0.562 bits per heavy atom. The minimum atomic E-state index is -4.33. The fourth-order valence-electron chi connectivity index (χ4n) is 5.56. The van der Waals surface area contributed by atoms with Gasteiger partial charge in [0.25, 0.3) is 0 Å². The number of phosphoric acid groups is 1. The molecule has 0 spiro atoms. The van der Waals surface area contributed by atoms with Gasteiger partial charge < -0.3 is 14.4 Å². The molecule has 48 heavy (non-hydrogen) atoms. The largest absolute Gasteiger partial charge is 1.00 e. The van der Waals surface area contributed by atoms with E-state index in [1.54, 1.807) is 0 Å². The summed E-state index contributed by atoms with van der Waals surface area (Å²) >= 11 is 3.96. The Morgan fingerprint density at radius 3 is 1.29 bits per heavy atom. The number of unbranched alkanes of at least 4 members (excludes halogenated alkanes) is 24. The van der Waals surface area contributed by atoms with Gasteiger partial charge in [-0.1, -0.05) is 168 Å². The monoisotopic (exact) mass is 731 g/mol. The molecule has 0 aliphatic rings. The van der Waals surface area contributed by atoms with E-state index in [2.05, 4.69) is 26.5 Å². The van der Waals surface area contributed by atoms with E-state index in [0.717, 1.165) is 32.1 Å². The quantitative estimate of drug-likeness (QED) is 0.0216. The molecule has 0 amide bonds. The van der Waals surface area contributed by atoms with Crippen molar-refractivity contribution in [3.63, 3.8) is 0 Å². The summed E-state index contributed by atoms with van der Waals surface area (Å²) in [5.74, 6) is -0.551. The molecule has 0 rings (SSSR count). The van der Waals surface area contributed by atoms with Crippen molar-refractivity contribution in [2.75, 3.05) is 25.6 Å². The molecular weight excluding hydrogens is 658 g/mol. The molecule has 280 valence electrons. The summed E-state index contributed by atoms with van der Waals surface area (Å²) in [5.41, 5.74) is 0. The van der Waals surface area contributed by atoms with Gasteiger partial charge in [0.1, 0.15) is 6.61 Å². The Labute approximate surface area is 323 Å². The van der Waals surface area contributed by atoms with Crippen molar-refractivity contribution >= 4 is 32.4 Å². The third-order valence-electron chi connectivity index (χ3n) is 8.47. The predicted octanol–water partition coefficient (Wildman–Crippen LogP) is 8.47. The van der Waals surface area contributed by atoms with Crippen LogP contribution < -0.4 is 29.6 Å². The van der Waals surface area contributed by atoms with Crippen molar-refractivity contribution in [2.45, 2.75) is 200 Å². The van der Waals surface area contributed by atoms with Gasteiger partial charge in [0, 0.05) is 18.6 Å². The number of carbonyl (C=O) groups is 2. The zero-order valence-corrected chi connectivity index (χ0v) is 35.2. The van der Waals surface area contributed by atoms with Crippen LogP contribution in [0.2, 0.25) is 0 Å². The van der Waals surface area contributed by atoms with Gasteiger partial charge in [-0.05, 0) is 12.8 Å². The molecule has 0 aliphatic carbocycles. The number of hydrogen-bond donors (Lipinski definition) is 2. The average Bonchev–Trinajstić information content (AvgIpc) is 3.05. The minimum Gasteiger partial charge on any atom is -0.462 e. The van der Waals surface area contributed by atoms with Gasteiger partial charge in [-0.2, -0.15) is 12.6 Å². The first-order valence-electron chi connectivity index (χ1n) is 19.4. The molecular formula is C37H73NaO8PS+. The van der Waals surface area contributed by atoms with Crippen LogP contribution in [0.3, 0.4) is 0 Å². The van der Waals surface area contributed by atoms with Gasteiger partial charge in [-0.25, -0.2) is 4.57 Å². The molecule has 0 fully saturated rings. The minimum absolute atomic E-state index is 0. The Balaban J connectivity index is 0. The molecule has 0 aromatic carbocycles. The maximum absolute atomic E-state index is 12.5. The van der Waals surface area contributed by atoms with E-state index >= 15 is 0 Å². The zero-order chi connectivity index (χ0) is 34.7. The van der Waals surface area contributed by atoms with Gasteiger partial charge in [-0.3, -0.25) is 18.6 Å². The van der Waals surface area contributed by atoms with Crippen molar-refractivity contribution in [1.29, 1.82) is 0 Å². The Hall–Kier alpha value is 0.400. The zero-order valence-electron chi connectivity index (χ0n) is 31.4. The van der Waals surface area contributed by atoms with Crippen LogP contribution in [0.4, 0.5) is 0 Å².